The molecule has 262 valence electrons. The van der Waals surface area contributed by atoms with E-state index in [-0.39, 0.29) is 12.4 Å². The maximum Gasteiger partial charge on any atom is 0.355 e. The van der Waals surface area contributed by atoms with Crippen LogP contribution in [0.1, 0.15) is 57.6 Å². The van der Waals surface area contributed by atoms with E-state index >= 15 is 0 Å². The van der Waals surface area contributed by atoms with Gasteiger partial charge in [0.15, 0.2) is 6.29 Å². The van der Waals surface area contributed by atoms with Gasteiger partial charge >= 0.3 is 5.97 Å². The molecular weight excluding hydrogens is 689 g/mol. The van der Waals surface area contributed by atoms with Gasteiger partial charge in [-0.2, -0.15) is 5.10 Å². The van der Waals surface area contributed by atoms with Crippen LogP contribution in [0.2, 0.25) is 5.02 Å². The Kier molecular flexibility index (Phi) is 10.1. The van der Waals surface area contributed by atoms with Crippen molar-refractivity contribution in [3.63, 3.8) is 0 Å². The fourth-order valence-electron chi connectivity index (χ4n) is 7.06. The zero-order valence-electron chi connectivity index (χ0n) is 28.6. The zero-order valence-corrected chi connectivity index (χ0v) is 30.2. The number of aldehydes is 1. The molecule has 3 heterocycles. The largest absolute Gasteiger partial charge is 0.497 e. The second kappa shape index (κ2) is 14.8. The predicted molar refractivity (Wildman–Crippen MR) is 199 cm³/mol. The van der Waals surface area contributed by atoms with Crippen LogP contribution in [0, 0.1) is 5.82 Å². The maximum absolute atomic E-state index is 14.3. The van der Waals surface area contributed by atoms with E-state index in [0.29, 0.717) is 47.2 Å². The standard InChI is InChI=1S/C40H37ClFN3O5S/c1-4-49-40(47)39-30(31-15-16-32(41)36(38(31)44(39)2)37-33(22-46)43-45-17-5-8-34(37)45)7-6-18-50-35-21-28(20-25-19-26(42)11-14-29(25)35)51-23-24-9-12-27(48-3)13-10-24/h9-16,19-22H,4-8,17-18,23H2,1-3H3. The van der Waals surface area contributed by atoms with Crippen LogP contribution < -0.4 is 9.47 Å². The van der Waals surface area contributed by atoms with Crippen LogP contribution in [0.4, 0.5) is 4.39 Å². The summed E-state index contributed by atoms with van der Waals surface area (Å²) in [5.41, 5.74) is 5.86. The predicted octanol–water partition coefficient (Wildman–Crippen LogP) is 9.24. The van der Waals surface area contributed by atoms with Crippen LogP contribution in [0.25, 0.3) is 32.8 Å². The lowest BCUT2D eigenvalue weighted by Gasteiger charge is -2.13. The Labute approximate surface area is 304 Å². The Morgan fingerprint density at radius 2 is 1.86 bits per heavy atom. The first kappa shape index (κ1) is 34.6. The van der Waals surface area contributed by atoms with Gasteiger partial charge in [-0.25, -0.2) is 9.18 Å². The number of halogens is 2. The summed E-state index contributed by atoms with van der Waals surface area (Å²) in [6.45, 7) is 3.10. The SMILES string of the molecule is CCOC(=O)c1c(CCCOc2cc(SCc3ccc(OC)cc3)cc3cc(F)ccc23)c2ccc(Cl)c(-c3c(C=O)nn4c3CCC4)c2n1C. The summed E-state index contributed by atoms with van der Waals surface area (Å²) >= 11 is 8.55. The first-order valence-electron chi connectivity index (χ1n) is 16.9. The number of hydrogen-bond donors (Lipinski definition) is 0. The van der Waals surface area contributed by atoms with E-state index in [1.54, 1.807) is 31.9 Å². The van der Waals surface area contributed by atoms with Crippen molar-refractivity contribution in [2.24, 2.45) is 7.05 Å². The third-order valence-corrected chi connectivity index (χ3v) is 10.7. The van der Waals surface area contributed by atoms with Crippen LogP contribution in [-0.2, 0) is 36.9 Å². The molecule has 0 aliphatic carbocycles. The van der Waals surface area contributed by atoms with Gasteiger partial charge in [-0.3, -0.25) is 9.48 Å². The average Bonchev–Trinajstić information content (AvgIpc) is 3.81. The molecule has 2 aromatic heterocycles. The number of carbonyl (C=O) groups excluding carboxylic acids is 2. The van der Waals surface area contributed by atoms with E-state index in [2.05, 4.69) is 5.10 Å². The quantitative estimate of drug-likeness (QED) is 0.0508. The Bertz CT molecular complexity index is 2280. The van der Waals surface area contributed by atoms with Crippen molar-refractivity contribution < 1.29 is 28.2 Å². The second-order valence-electron chi connectivity index (χ2n) is 12.5. The average molecular weight is 726 g/mol. The Morgan fingerprint density at radius 3 is 2.63 bits per heavy atom. The summed E-state index contributed by atoms with van der Waals surface area (Å²) < 4.78 is 35.3. The molecule has 4 aromatic carbocycles. The monoisotopic (exact) mass is 725 g/mol. The molecule has 0 saturated heterocycles. The zero-order chi connectivity index (χ0) is 35.6. The number of carbonyl (C=O) groups is 2. The number of nitrogens with zero attached hydrogens (tertiary/aromatic N) is 3. The molecule has 0 radical (unpaired) electrons. The summed E-state index contributed by atoms with van der Waals surface area (Å²) in [5, 5.41) is 7.47. The van der Waals surface area contributed by atoms with E-state index in [4.69, 9.17) is 25.8 Å². The highest BCUT2D eigenvalue weighted by Crippen LogP contribution is 2.43. The number of rotatable bonds is 13. The lowest BCUT2D eigenvalue weighted by atomic mass is 9.97. The van der Waals surface area contributed by atoms with E-state index < -0.39 is 5.97 Å². The van der Waals surface area contributed by atoms with Gasteiger partial charge in [-0.05, 0) is 97.7 Å². The minimum Gasteiger partial charge on any atom is -0.497 e. The van der Waals surface area contributed by atoms with Crippen molar-refractivity contribution in [2.45, 2.75) is 49.8 Å². The fraction of sp³-hybridized carbons (Fsp3) is 0.275. The van der Waals surface area contributed by atoms with Gasteiger partial charge in [-0.15, -0.1) is 11.8 Å². The molecule has 0 bridgehead atoms. The summed E-state index contributed by atoms with van der Waals surface area (Å²) in [5.74, 6) is 1.45. The van der Waals surface area contributed by atoms with Gasteiger partial charge in [0.2, 0.25) is 0 Å². The Morgan fingerprint density at radius 1 is 1.06 bits per heavy atom. The van der Waals surface area contributed by atoms with Gasteiger partial charge in [0.05, 0.1) is 30.9 Å². The van der Waals surface area contributed by atoms with Crippen LogP contribution >= 0.6 is 23.4 Å². The lowest BCUT2D eigenvalue weighted by Crippen LogP contribution is -2.13. The highest BCUT2D eigenvalue weighted by Gasteiger charge is 2.30. The van der Waals surface area contributed by atoms with E-state index in [1.165, 1.54) is 12.1 Å². The minimum absolute atomic E-state index is 0.225. The number of thioether (sulfide) groups is 1. The minimum atomic E-state index is -0.431. The molecule has 0 N–H and O–H groups in total. The molecule has 0 unspecified atom stereocenters. The number of aryl methyl sites for hydroxylation is 3. The smallest absolute Gasteiger partial charge is 0.355 e. The normalized spacial score (nSPS) is 12.4. The summed E-state index contributed by atoms with van der Waals surface area (Å²) in [6.07, 6.45) is 3.58. The van der Waals surface area contributed by atoms with Gasteiger partial charge in [0.25, 0.3) is 0 Å². The van der Waals surface area contributed by atoms with Crippen molar-refractivity contribution in [3.05, 3.63) is 106 Å². The van der Waals surface area contributed by atoms with E-state index in [0.717, 1.165) is 86.1 Å². The molecule has 8 nitrogen and oxygen atoms in total. The Balaban J connectivity index is 1.18. The molecule has 1 aliphatic heterocycles. The number of benzene rings is 4. The van der Waals surface area contributed by atoms with Crippen LogP contribution in [-0.4, -0.2) is 46.9 Å². The van der Waals surface area contributed by atoms with Crippen molar-refractivity contribution >= 4 is 57.3 Å². The number of methoxy groups -OCH3 is 1. The van der Waals surface area contributed by atoms with Crippen LogP contribution in [0.5, 0.6) is 11.5 Å². The summed E-state index contributed by atoms with van der Waals surface area (Å²) in [7, 11) is 3.48. The first-order chi connectivity index (χ1) is 24.8. The first-order valence-corrected chi connectivity index (χ1v) is 18.3. The van der Waals surface area contributed by atoms with Crippen molar-refractivity contribution in [1.29, 1.82) is 0 Å². The number of fused-ring (bicyclic) bond motifs is 3. The third kappa shape index (κ3) is 6.70. The lowest BCUT2D eigenvalue weighted by molar-refractivity contribution is 0.0514. The number of hydrogen-bond acceptors (Lipinski definition) is 7. The molecule has 6 aromatic rings. The van der Waals surface area contributed by atoms with Gasteiger partial charge in [-0.1, -0.05) is 29.8 Å². The molecule has 0 spiro atoms. The van der Waals surface area contributed by atoms with E-state index in [1.807, 2.05) is 64.8 Å². The maximum atomic E-state index is 14.3. The third-order valence-electron chi connectivity index (χ3n) is 9.35. The van der Waals surface area contributed by atoms with Crippen molar-refractivity contribution in [2.75, 3.05) is 20.3 Å². The second-order valence-corrected chi connectivity index (χ2v) is 13.9. The number of aromatic nitrogens is 3. The van der Waals surface area contributed by atoms with Gasteiger partial charge in [0, 0.05) is 51.8 Å². The fourth-order valence-corrected chi connectivity index (χ4v) is 8.23. The summed E-state index contributed by atoms with van der Waals surface area (Å²) in [6, 6.07) is 20.4. The molecule has 0 atom stereocenters. The molecule has 51 heavy (non-hydrogen) atoms. The van der Waals surface area contributed by atoms with Crippen LogP contribution in [0.15, 0.2) is 71.6 Å². The Hall–Kier alpha value is -4.80. The summed E-state index contributed by atoms with van der Waals surface area (Å²) in [4.78, 5) is 26.7. The topological polar surface area (TPSA) is 84.6 Å². The molecule has 7 rings (SSSR count). The molecule has 0 amide bonds. The molecule has 0 fully saturated rings. The van der Waals surface area contributed by atoms with Crippen molar-refractivity contribution in [1.82, 2.24) is 14.3 Å². The van der Waals surface area contributed by atoms with Crippen LogP contribution in [0.3, 0.4) is 0 Å². The molecule has 0 saturated carbocycles. The van der Waals surface area contributed by atoms with Crippen molar-refractivity contribution in [3.8, 4) is 22.6 Å². The van der Waals surface area contributed by atoms with Gasteiger partial charge in [0.1, 0.15) is 28.7 Å². The number of esters is 1. The highest BCUT2D eigenvalue weighted by atomic mass is 35.5. The number of ether oxygens (including phenoxy) is 3. The molecular formula is C40H37ClFN3O5S. The molecule has 11 heteroatoms. The van der Waals surface area contributed by atoms with Gasteiger partial charge < -0.3 is 18.8 Å². The highest BCUT2D eigenvalue weighted by molar-refractivity contribution is 7.98. The molecule has 1 aliphatic rings. The van der Waals surface area contributed by atoms with E-state index in [9.17, 15) is 14.0 Å².